The Bertz CT molecular complexity index is 1470. The average Bonchev–Trinajstić information content (AvgIpc) is 3.24. The molecule has 0 bridgehead atoms. The van der Waals surface area contributed by atoms with Gasteiger partial charge in [-0.2, -0.15) is 0 Å². The molecule has 1 aliphatic heterocycles. The first-order chi connectivity index (χ1) is 16.8. The average molecular weight is 509 g/mol. The highest BCUT2D eigenvalue weighted by Crippen LogP contribution is 2.36. The maximum atomic E-state index is 13.2. The summed E-state index contributed by atoms with van der Waals surface area (Å²) in [6.45, 7) is 1.24. The second-order valence-corrected chi connectivity index (χ2v) is 11.2. The lowest BCUT2D eigenvalue weighted by molar-refractivity contribution is 0.0118. The molecule has 0 amide bonds. The Morgan fingerprint density at radius 3 is 2.31 bits per heavy atom. The molecule has 0 radical (unpaired) electrons. The van der Waals surface area contributed by atoms with Crippen LogP contribution in [0.4, 0.5) is 5.69 Å². The Labute approximate surface area is 209 Å². The lowest BCUT2D eigenvalue weighted by atomic mass is 9.84. The van der Waals surface area contributed by atoms with Crippen molar-refractivity contribution < 1.29 is 18.3 Å². The van der Waals surface area contributed by atoms with Crippen molar-refractivity contribution in [3.8, 4) is 0 Å². The SMILES string of the molecule is O=Cc1cn(S(=O)(=O)Cc2ccccc2)c2ccc(N3CCC(O)(c4ccc(Cl)cc4)CC3)cc12. The molecule has 1 aliphatic rings. The maximum absolute atomic E-state index is 13.2. The molecule has 35 heavy (non-hydrogen) atoms. The number of aldehydes is 1. The number of benzene rings is 3. The van der Waals surface area contributed by atoms with Crippen LogP contribution in [0.2, 0.25) is 5.02 Å². The van der Waals surface area contributed by atoms with E-state index >= 15 is 0 Å². The topological polar surface area (TPSA) is 79.6 Å². The molecule has 8 heteroatoms. The van der Waals surface area contributed by atoms with Gasteiger partial charge in [0, 0.05) is 40.9 Å². The second-order valence-electron chi connectivity index (χ2n) is 8.97. The van der Waals surface area contributed by atoms with Gasteiger partial charge >= 0.3 is 0 Å². The van der Waals surface area contributed by atoms with Crippen molar-refractivity contribution in [1.29, 1.82) is 0 Å². The van der Waals surface area contributed by atoms with E-state index < -0.39 is 15.6 Å². The zero-order chi connectivity index (χ0) is 24.6. The van der Waals surface area contributed by atoms with Crippen molar-refractivity contribution in [2.75, 3.05) is 18.0 Å². The summed E-state index contributed by atoms with van der Waals surface area (Å²) in [5.41, 5.74) is 2.29. The van der Waals surface area contributed by atoms with E-state index in [9.17, 15) is 18.3 Å². The van der Waals surface area contributed by atoms with E-state index in [0.29, 0.717) is 59.3 Å². The maximum Gasteiger partial charge on any atom is 0.243 e. The molecule has 2 heterocycles. The van der Waals surface area contributed by atoms with Crippen LogP contribution in [0.15, 0.2) is 79.0 Å². The lowest BCUT2D eigenvalue weighted by Crippen LogP contribution is -2.42. The predicted molar refractivity (Wildman–Crippen MR) is 139 cm³/mol. The summed E-state index contributed by atoms with van der Waals surface area (Å²) in [7, 11) is -3.71. The number of carbonyl (C=O) groups is 1. The molecule has 180 valence electrons. The smallest absolute Gasteiger partial charge is 0.243 e. The Hall–Kier alpha value is -3.13. The molecule has 6 nitrogen and oxygen atoms in total. The first kappa shape index (κ1) is 23.6. The summed E-state index contributed by atoms with van der Waals surface area (Å²) in [4.78, 5) is 14.0. The normalized spacial score (nSPS) is 15.9. The minimum Gasteiger partial charge on any atom is -0.385 e. The minimum absolute atomic E-state index is 0.160. The first-order valence-corrected chi connectivity index (χ1v) is 13.4. The molecule has 0 aliphatic carbocycles. The number of fused-ring (bicyclic) bond motifs is 1. The van der Waals surface area contributed by atoms with Crippen molar-refractivity contribution >= 4 is 44.5 Å². The van der Waals surface area contributed by atoms with Gasteiger partial charge in [-0.3, -0.25) is 4.79 Å². The van der Waals surface area contributed by atoms with Gasteiger partial charge in [0.1, 0.15) is 0 Å². The van der Waals surface area contributed by atoms with Crippen LogP contribution < -0.4 is 4.90 Å². The van der Waals surface area contributed by atoms with Crippen LogP contribution in [-0.4, -0.2) is 36.9 Å². The van der Waals surface area contributed by atoms with Crippen molar-refractivity contribution in [3.63, 3.8) is 0 Å². The van der Waals surface area contributed by atoms with Gasteiger partial charge in [-0.15, -0.1) is 0 Å². The van der Waals surface area contributed by atoms with E-state index in [4.69, 9.17) is 11.6 Å². The number of anilines is 1. The van der Waals surface area contributed by atoms with Crippen LogP contribution in [-0.2, 0) is 21.4 Å². The van der Waals surface area contributed by atoms with E-state index in [0.717, 1.165) is 11.3 Å². The Balaban J connectivity index is 1.41. The fraction of sp³-hybridized carbons (Fsp3) is 0.222. The van der Waals surface area contributed by atoms with Gasteiger partial charge < -0.3 is 10.0 Å². The fourth-order valence-electron chi connectivity index (χ4n) is 4.77. The first-order valence-electron chi connectivity index (χ1n) is 11.4. The standard InChI is InChI=1S/C27H25ClN2O4S/c28-23-8-6-22(7-9-23)27(32)12-14-29(15-13-27)24-10-11-26-25(16-24)21(18-31)17-30(26)35(33,34)19-20-4-2-1-3-5-20/h1-11,16-18,32H,12-15,19H2. The quantitative estimate of drug-likeness (QED) is 0.372. The monoisotopic (exact) mass is 508 g/mol. The van der Waals surface area contributed by atoms with Gasteiger partial charge in [0.05, 0.1) is 16.9 Å². The minimum atomic E-state index is -3.71. The fourth-order valence-corrected chi connectivity index (χ4v) is 6.38. The highest BCUT2D eigenvalue weighted by Gasteiger charge is 2.34. The number of carbonyl (C=O) groups excluding carboxylic acids is 1. The molecular formula is C27H25ClN2O4S. The van der Waals surface area contributed by atoms with E-state index in [1.807, 2.05) is 30.3 Å². The Kier molecular flexibility index (Phi) is 6.17. The van der Waals surface area contributed by atoms with Crippen molar-refractivity contribution in [1.82, 2.24) is 3.97 Å². The number of piperidine rings is 1. The van der Waals surface area contributed by atoms with Gasteiger partial charge in [0.25, 0.3) is 0 Å². The molecule has 0 saturated carbocycles. The third kappa shape index (κ3) is 4.59. The lowest BCUT2D eigenvalue weighted by Gasteiger charge is -2.39. The Morgan fingerprint density at radius 2 is 1.66 bits per heavy atom. The molecule has 3 aromatic carbocycles. The van der Waals surface area contributed by atoms with Crippen LogP contribution in [0, 0.1) is 0 Å². The van der Waals surface area contributed by atoms with Crippen molar-refractivity contribution in [3.05, 3.63) is 101 Å². The highest BCUT2D eigenvalue weighted by atomic mass is 35.5. The summed E-state index contributed by atoms with van der Waals surface area (Å²) in [5, 5.41) is 12.4. The van der Waals surface area contributed by atoms with Gasteiger partial charge in [0.2, 0.25) is 10.0 Å². The number of rotatable bonds is 6. The molecule has 0 unspecified atom stereocenters. The number of halogens is 1. The van der Waals surface area contributed by atoms with E-state index in [1.54, 1.807) is 42.5 Å². The summed E-state index contributed by atoms with van der Waals surface area (Å²) in [6, 6.07) is 21.7. The molecule has 5 rings (SSSR count). The number of hydrogen-bond donors (Lipinski definition) is 1. The third-order valence-electron chi connectivity index (χ3n) is 6.74. The van der Waals surface area contributed by atoms with Crippen LogP contribution in [0.25, 0.3) is 10.9 Å². The number of nitrogens with zero attached hydrogens (tertiary/aromatic N) is 2. The third-order valence-corrected chi connectivity index (χ3v) is 8.59. The summed E-state index contributed by atoms with van der Waals surface area (Å²) in [6.07, 6.45) is 3.17. The zero-order valence-electron chi connectivity index (χ0n) is 19.0. The van der Waals surface area contributed by atoms with Crippen molar-refractivity contribution in [2.24, 2.45) is 0 Å². The molecule has 0 atom stereocenters. The summed E-state index contributed by atoms with van der Waals surface area (Å²) >= 11 is 5.99. The molecular weight excluding hydrogens is 484 g/mol. The van der Waals surface area contributed by atoms with Gasteiger partial charge in [-0.05, 0) is 54.3 Å². The molecule has 4 aromatic rings. The van der Waals surface area contributed by atoms with Gasteiger partial charge in [-0.25, -0.2) is 12.4 Å². The summed E-state index contributed by atoms with van der Waals surface area (Å²) < 4.78 is 27.5. The predicted octanol–water partition coefficient (Wildman–Crippen LogP) is 4.97. The van der Waals surface area contributed by atoms with E-state index in [1.165, 1.54) is 10.2 Å². The molecule has 1 saturated heterocycles. The number of aromatic nitrogens is 1. The summed E-state index contributed by atoms with van der Waals surface area (Å²) in [5.74, 6) is -0.160. The second kappa shape index (κ2) is 9.15. The molecule has 0 spiro atoms. The van der Waals surface area contributed by atoms with Crippen LogP contribution >= 0.6 is 11.6 Å². The molecule has 1 fully saturated rings. The molecule has 1 aromatic heterocycles. The largest absolute Gasteiger partial charge is 0.385 e. The molecule has 1 N–H and O–H groups in total. The Morgan fingerprint density at radius 1 is 0.971 bits per heavy atom. The number of hydrogen-bond acceptors (Lipinski definition) is 5. The van der Waals surface area contributed by atoms with Gasteiger partial charge in [0.15, 0.2) is 6.29 Å². The van der Waals surface area contributed by atoms with Crippen molar-refractivity contribution in [2.45, 2.75) is 24.2 Å². The zero-order valence-corrected chi connectivity index (χ0v) is 20.5. The van der Waals surface area contributed by atoms with Crippen LogP contribution in [0.5, 0.6) is 0 Å². The highest BCUT2D eigenvalue weighted by molar-refractivity contribution is 7.89. The van der Waals surface area contributed by atoms with Crippen LogP contribution in [0.1, 0.15) is 34.3 Å². The van der Waals surface area contributed by atoms with E-state index in [2.05, 4.69) is 4.90 Å². The number of aliphatic hydroxyl groups is 1. The van der Waals surface area contributed by atoms with E-state index in [-0.39, 0.29) is 5.75 Å². The van der Waals surface area contributed by atoms with Gasteiger partial charge in [-0.1, -0.05) is 54.1 Å². The van der Waals surface area contributed by atoms with Crippen LogP contribution in [0.3, 0.4) is 0 Å².